The molecule has 1 aromatic carbocycles. The molecule has 0 aromatic heterocycles. The monoisotopic (exact) mass is 233 g/mol. The van der Waals surface area contributed by atoms with Crippen molar-refractivity contribution in [2.24, 2.45) is 0 Å². The second-order valence-electron chi connectivity index (χ2n) is 4.76. The molecule has 0 fully saturated rings. The van der Waals surface area contributed by atoms with E-state index in [1.807, 2.05) is 0 Å². The van der Waals surface area contributed by atoms with Gasteiger partial charge in [0.25, 0.3) is 0 Å². The van der Waals surface area contributed by atoms with Crippen molar-refractivity contribution < 1.29 is 9.47 Å². The molecule has 1 aliphatic carbocycles. The van der Waals surface area contributed by atoms with Gasteiger partial charge in [-0.3, -0.25) is 0 Å². The van der Waals surface area contributed by atoms with Crippen molar-refractivity contribution in [1.29, 1.82) is 0 Å². The Morgan fingerprint density at radius 2 is 2.29 bits per heavy atom. The molecule has 0 amide bonds. The molecule has 92 valence electrons. The fourth-order valence-electron chi connectivity index (χ4n) is 2.90. The first-order chi connectivity index (χ1) is 8.40. The molecule has 1 atom stereocenters. The predicted molar refractivity (Wildman–Crippen MR) is 66.8 cm³/mol. The predicted octanol–water partition coefficient (Wildman–Crippen LogP) is 2.44. The molecule has 0 radical (unpaired) electrons. The fourth-order valence-corrected chi connectivity index (χ4v) is 2.90. The number of likely N-dealkylation sites (N-methyl/N-ethyl adjacent to an activating group) is 1. The summed E-state index contributed by atoms with van der Waals surface area (Å²) < 4.78 is 11.1. The summed E-state index contributed by atoms with van der Waals surface area (Å²) in [6.45, 7) is 4.65. The summed E-state index contributed by atoms with van der Waals surface area (Å²) in [5.74, 6) is 2.56. The molecule has 3 nitrogen and oxygen atoms in total. The van der Waals surface area contributed by atoms with Gasteiger partial charge in [0.15, 0.2) is 11.5 Å². The molecule has 3 heteroatoms. The Hall–Kier alpha value is -1.22. The number of rotatable bonds is 3. The van der Waals surface area contributed by atoms with Crippen LogP contribution in [-0.2, 0) is 6.42 Å². The Balaban J connectivity index is 1.93. The topological polar surface area (TPSA) is 30.5 Å². The molecule has 2 aliphatic rings. The summed E-state index contributed by atoms with van der Waals surface area (Å²) in [5, 5.41) is 3.45. The third-order valence-corrected chi connectivity index (χ3v) is 3.74. The molecular formula is C14H19NO2. The lowest BCUT2D eigenvalue weighted by Gasteiger charge is -2.26. The zero-order valence-electron chi connectivity index (χ0n) is 10.3. The molecule has 0 bridgehead atoms. The smallest absolute Gasteiger partial charge is 0.231 e. The molecule has 17 heavy (non-hydrogen) atoms. The van der Waals surface area contributed by atoms with Gasteiger partial charge in [-0.2, -0.15) is 0 Å². The van der Waals surface area contributed by atoms with E-state index in [9.17, 15) is 0 Å². The zero-order valence-corrected chi connectivity index (χ0v) is 10.3. The van der Waals surface area contributed by atoms with Crippen LogP contribution in [0.1, 0.15) is 36.8 Å². The largest absolute Gasteiger partial charge is 0.454 e. The summed E-state index contributed by atoms with van der Waals surface area (Å²) in [6, 6.07) is 4.29. The lowest BCUT2D eigenvalue weighted by atomic mass is 9.82. The van der Waals surface area contributed by atoms with Crippen molar-refractivity contribution in [3.05, 3.63) is 23.3 Å². The third-order valence-electron chi connectivity index (χ3n) is 3.74. The van der Waals surface area contributed by atoms with Crippen LogP contribution >= 0.6 is 0 Å². The average molecular weight is 233 g/mol. The molecule has 0 unspecified atom stereocenters. The maximum atomic E-state index is 5.61. The van der Waals surface area contributed by atoms with Gasteiger partial charge in [-0.15, -0.1) is 0 Å². The van der Waals surface area contributed by atoms with Crippen LogP contribution < -0.4 is 14.8 Å². The van der Waals surface area contributed by atoms with Gasteiger partial charge >= 0.3 is 0 Å². The third kappa shape index (κ3) is 1.89. The number of benzene rings is 1. The lowest BCUT2D eigenvalue weighted by Crippen LogP contribution is -2.24. The lowest BCUT2D eigenvalue weighted by molar-refractivity contribution is 0.173. The van der Waals surface area contributed by atoms with Crippen LogP contribution in [0.15, 0.2) is 12.1 Å². The van der Waals surface area contributed by atoms with Gasteiger partial charge < -0.3 is 14.8 Å². The van der Waals surface area contributed by atoms with Crippen molar-refractivity contribution in [2.45, 2.75) is 32.1 Å². The number of nitrogens with one attached hydrogen (secondary N) is 1. The normalized spacial score (nSPS) is 21.4. The van der Waals surface area contributed by atoms with E-state index < -0.39 is 0 Å². The summed E-state index contributed by atoms with van der Waals surface area (Å²) in [5.41, 5.74) is 2.84. The number of fused-ring (bicyclic) bond motifs is 3. The molecule has 0 saturated heterocycles. The van der Waals surface area contributed by atoms with Crippen LogP contribution in [-0.4, -0.2) is 19.9 Å². The van der Waals surface area contributed by atoms with Gasteiger partial charge in [-0.05, 0) is 43.4 Å². The molecule has 0 saturated carbocycles. The molecule has 3 rings (SSSR count). The highest BCUT2D eigenvalue weighted by Crippen LogP contribution is 2.43. The Morgan fingerprint density at radius 3 is 3.18 bits per heavy atom. The second-order valence-corrected chi connectivity index (χ2v) is 4.76. The van der Waals surface area contributed by atoms with E-state index in [0.29, 0.717) is 12.7 Å². The van der Waals surface area contributed by atoms with Gasteiger partial charge in [-0.25, -0.2) is 0 Å². The first-order valence-corrected chi connectivity index (χ1v) is 6.52. The van der Waals surface area contributed by atoms with E-state index in [1.165, 1.54) is 24.0 Å². The average Bonchev–Trinajstić information content (AvgIpc) is 2.84. The Labute approximate surface area is 102 Å². The van der Waals surface area contributed by atoms with Crippen molar-refractivity contribution >= 4 is 0 Å². The summed E-state index contributed by atoms with van der Waals surface area (Å²) in [6.07, 6.45) is 3.66. The van der Waals surface area contributed by atoms with Crippen molar-refractivity contribution in [2.75, 3.05) is 19.9 Å². The minimum atomic E-state index is 0.379. The number of ether oxygens (including phenoxy) is 2. The first-order valence-electron chi connectivity index (χ1n) is 6.52. The standard InChI is InChI=1S/C14H19NO2/c1-2-15-8-10-4-3-5-12-11(10)6-7-13-14(12)17-9-16-13/h6-7,10,15H,2-5,8-9H2,1H3/t10-/m0/s1. The van der Waals surface area contributed by atoms with E-state index in [2.05, 4.69) is 24.4 Å². The highest BCUT2D eigenvalue weighted by atomic mass is 16.7. The maximum Gasteiger partial charge on any atom is 0.231 e. The SMILES string of the molecule is CCNC[C@@H]1CCCc2c1ccc1c2OCO1. The highest BCUT2D eigenvalue weighted by Gasteiger charge is 2.27. The van der Waals surface area contributed by atoms with Gasteiger partial charge in [0.2, 0.25) is 6.79 Å². The molecular weight excluding hydrogens is 214 g/mol. The van der Waals surface area contributed by atoms with Crippen LogP contribution in [0.3, 0.4) is 0 Å². The first kappa shape index (κ1) is 10.9. The van der Waals surface area contributed by atoms with Gasteiger partial charge in [-0.1, -0.05) is 13.0 Å². The Morgan fingerprint density at radius 1 is 1.35 bits per heavy atom. The number of hydrogen-bond acceptors (Lipinski definition) is 3. The summed E-state index contributed by atoms with van der Waals surface area (Å²) >= 11 is 0. The van der Waals surface area contributed by atoms with Crippen molar-refractivity contribution in [3.63, 3.8) is 0 Å². The summed E-state index contributed by atoms with van der Waals surface area (Å²) in [7, 11) is 0. The van der Waals surface area contributed by atoms with Crippen LogP contribution in [0.2, 0.25) is 0 Å². The number of hydrogen-bond donors (Lipinski definition) is 1. The summed E-state index contributed by atoms with van der Waals surface area (Å²) in [4.78, 5) is 0. The maximum absolute atomic E-state index is 5.61. The minimum absolute atomic E-state index is 0.379. The van der Waals surface area contributed by atoms with E-state index in [4.69, 9.17) is 9.47 Å². The van der Waals surface area contributed by atoms with E-state index in [-0.39, 0.29) is 0 Å². The Bertz CT molecular complexity index is 417. The zero-order chi connectivity index (χ0) is 11.7. The van der Waals surface area contributed by atoms with Crippen LogP contribution in [0.4, 0.5) is 0 Å². The second kappa shape index (κ2) is 4.57. The van der Waals surface area contributed by atoms with E-state index in [0.717, 1.165) is 31.0 Å². The molecule has 1 aliphatic heterocycles. The quantitative estimate of drug-likeness (QED) is 0.870. The van der Waals surface area contributed by atoms with Crippen LogP contribution in [0.25, 0.3) is 0 Å². The minimum Gasteiger partial charge on any atom is -0.454 e. The highest BCUT2D eigenvalue weighted by molar-refractivity contribution is 5.54. The van der Waals surface area contributed by atoms with Crippen LogP contribution in [0.5, 0.6) is 11.5 Å². The van der Waals surface area contributed by atoms with E-state index in [1.54, 1.807) is 0 Å². The van der Waals surface area contributed by atoms with Gasteiger partial charge in [0, 0.05) is 12.1 Å². The molecule has 0 spiro atoms. The molecule has 1 N–H and O–H groups in total. The van der Waals surface area contributed by atoms with Crippen LogP contribution in [0, 0.1) is 0 Å². The molecule has 1 aromatic rings. The van der Waals surface area contributed by atoms with Crippen molar-refractivity contribution in [1.82, 2.24) is 5.32 Å². The Kier molecular flexibility index (Phi) is 2.93. The van der Waals surface area contributed by atoms with Crippen molar-refractivity contribution in [3.8, 4) is 11.5 Å². The van der Waals surface area contributed by atoms with Gasteiger partial charge in [0.05, 0.1) is 0 Å². The van der Waals surface area contributed by atoms with Gasteiger partial charge in [0.1, 0.15) is 0 Å². The van der Waals surface area contributed by atoms with E-state index >= 15 is 0 Å². The molecule has 1 heterocycles. The fraction of sp³-hybridized carbons (Fsp3) is 0.571.